The van der Waals surface area contributed by atoms with Gasteiger partial charge in [0, 0.05) is 17.0 Å². The van der Waals surface area contributed by atoms with Gasteiger partial charge in [-0.2, -0.15) is 0 Å². The molecule has 2 aromatic rings. The van der Waals surface area contributed by atoms with Gasteiger partial charge < -0.3 is 0 Å². The van der Waals surface area contributed by atoms with Crippen LogP contribution in [0.15, 0.2) is 24.3 Å². The Labute approximate surface area is 84.9 Å². The molecule has 1 heterocycles. The molecule has 1 aromatic heterocycles. The summed E-state index contributed by atoms with van der Waals surface area (Å²) in [6.07, 6.45) is 0. The van der Waals surface area contributed by atoms with Crippen LogP contribution in [0.4, 0.5) is 0 Å². The smallest absolute Gasteiger partial charge is 0.171 e. The molecule has 0 unspecified atom stereocenters. The normalized spacial score (nSPS) is 10.6. The number of thiophene rings is 1. The Morgan fingerprint density at radius 3 is 2.69 bits per heavy atom. The van der Waals surface area contributed by atoms with Crippen molar-refractivity contribution in [2.45, 2.75) is 6.92 Å². The summed E-state index contributed by atoms with van der Waals surface area (Å²) in [5, 5.41) is 1.56. The van der Waals surface area contributed by atoms with Crippen LogP contribution < -0.4 is 0 Å². The minimum Gasteiger partial charge on any atom is -0.294 e. The molecule has 13 heavy (non-hydrogen) atoms. The van der Waals surface area contributed by atoms with Crippen molar-refractivity contribution in [1.82, 2.24) is 0 Å². The third-order valence-corrected chi connectivity index (χ3v) is 3.63. The number of benzene rings is 1. The van der Waals surface area contributed by atoms with Crippen molar-refractivity contribution >= 4 is 38.8 Å². The molecule has 0 saturated heterocycles. The zero-order valence-corrected chi connectivity index (χ0v) is 8.58. The molecule has 0 aliphatic heterocycles. The van der Waals surface area contributed by atoms with Crippen LogP contribution in [0.5, 0.6) is 0 Å². The number of ketones is 1. The van der Waals surface area contributed by atoms with E-state index in [1.165, 1.54) is 18.3 Å². The van der Waals surface area contributed by atoms with Crippen LogP contribution in [-0.2, 0) is 0 Å². The molecule has 0 atom stereocenters. The molecule has 0 bridgehead atoms. The molecule has 0 saturated carbocycles. The maximum atomic E-state index is 11.2. The molecule has 0 N–H and O–H groups in total. The SMILES string of the molecule is CC(=O)c1sc2ccccc2c1Cl. The number of rotatable bonds is 1. The van der Waals surface area contributed by atoms with E-state index in [-0.39, 0.29) is 5.78 Å². The summed E-state index contributed by atoms with van der Waals surface area (Å²) in [7, 11) is 0. The van der Waals surface area contributed by atoms with Crippen molar-refractivity contribution in [2.24, 2.45) is 0 Å². The number of fused-ring (bicyclic) bond motifs is 1. The highest BCUT2D eigenvalue weighted by atomic mass is 35.5. The molecule has 66 valence electrons. The van der Waals surface area contributed by atoms with Crippen LogP contribution in [-0.4, -0.2) is 5.78 Å². The van der Waals surface area contributed by atoms with Crippen LogP contribution in [0, 0.1) is 0 Å². The second-order valence-corrected chi connectivity index (χ2v) is 4.23. The first-order valence-corrected chi connectivity index (χ1v) is 5.07. The lowest BCUT2D eigenvalue weighted by Crippen LogP contribution is -1.85. The summed E-state index contributed by atoms with van der Waals surface area (Å²) in [6, 6.07) is 7.77. The Morgan fingerprint density at radius 2 is 2.08 bits per heavy atom. The molecule has 2 rings (SSSR count). The van der Waals surface area contributed by atoms with Gasteiger partial charge in [-0.15, -0.1) is 11.3 Å². The second-order valence-electron chi connectivity index (χ2n) is 2.80. The zero-order chi connectivity index (χ0) is 9.42. The summed E-state index contributed by atoms with van der Waals surface area (Å²) in [4.78, 5) is 11.8. The van der Waals surface area contributed by atoms with Gasteiger partial charge in [0.25, 0.3) is 0 Å². The molecule has 1 nitrogen and oxygen atoms in total. The van der Waals surface area contributed by atoms with Crippen LogP contribution in [0.25, 0.3) is 10.1 Å². The number of hydrogen-bond donors (Lipinski definition) is 0. The molecule has 0 fully saturated rings. The standard InChI is InChI=1S/C10H7ClOS/c1-6(12)10-9(11)7-4-2-3-5-8(7)13-10/h2-5H,1H3. The number of Topliss-reactive ketones (excluding diaryl/α,β-unsaturated/α-hetero) is 1. The Kier molecular flexibility index (Phi) is 2.10. The van der Waals surface area contributed by atoms with Crippen LogP contribution in [0.3, 0.4) is 0 Å². The van der Waals surface area contributed by atoms with E-state index >= 15 is 0 Å². The average molecular weight is 211 g/mol. The van der Waals surface area contributed by atoms with Gasteiger partial charge in [0.15, 0.2) is 5.78 Å². The van der Waals surface area contributed by atoms with Gasteiger partial charge in [0.2, 0.25) is 0 Å². The maximum Gasteiger partial charge on any atom is 0.171 e. The first-order valence-electron chi connectivity index (χ1n) is 3.88. The topological polar surface area (TPSA) is 17.1 Å². The highest BCUT2D eigenvalue weighted by Gasteiger charge is 2.12. The number of carbonyl (C=O) groups is 1. The lowest BCUT2D eigenvalue weighted by molar-refractivity contribution is 0.102. The van der Waals surface area contributed by atoms with E-state index in [4.69, 9.17) is 11.6 Å². The number of hydrogen-bond acceptors (Lipinski definition) is 2. The van der Waals surface area contributed by atoms with E-state index in [1.807, 2.05) is 24.3 Å². The van der Waals surface area contributed by atoms with Crippen molar-refractivity contribution in [3.63, 3.8) is 0 Å². The summed E-state index contributed by atoms with van der Waals surface area (Å²) in [6.45, 7) is 1.54. The summed E-state index contributed by atoms with van der Waals surface area (Å²) in [5.41, 5.74) is 0. The Morgan fingerprint density at radius 1 is 1.38 bits per heavy atom. The minimum absolute atomic E-state index is 0.0335. The fraction of sp³-hybridized carbons (Fsp3) is 0.100. The van der Waals surface area contributed by atoms with E-state index in [2.05, 4.69) is 0 Å². The van der Waals surface area contributed by atoms with Crippen molar-refractivity contribution in [2.75, 3.05) is 0 Å². The van der Waals surface area contributed by atoms with Crippen LogP contribution >= 0.6 is 22.9 Å². The molecular formula is C10H7ClOS. The quantitative estimate of drug-likeness (QED) is 0.655. The van der Waals surface area contributed by atoms with Gasteiger partial charge >= 0.3 is 0 Å². The van der Waals surface area contributed by atoms with Gasteiger partial charge in [-0.05, 0) is 6.07 Å². The predicted molar refractivity (Wildman–Crippen MR) is 56.8 cm³/mol. The molecule has 0 radical (unpaired) electrons. The first-order chi connectivity index (χ1) is 6.20. The first kappa shape index (κ1) is 8.73. The van der Waals surface area contributed by atoms with E-state index in [1.54, 1.807) is 0 Å². The van der Waals surface area contributed by atoms with Gasteiger partial charge in [0.05, 0.1) is 9.90 Å². The lowest BCUT2D eigenvalue weighted by Gasteiger charge is -1.88. The molecule has 0 spiro atoms. The van der Waals surface area contributed by atoms with E-state index in [9.17, 15) is 4.79 Å². The maximum absolute atomic E-state index is 11.2. The largest absolute Gasteiger partial charge is 0.294 e. The summed E-state index contributed by atoms with van der Waals surface area (Å²) in [5.74, 6) is 0.0335. The minimum atomic E-state index is 0.0335. The fourth-order valence-electron chi connectivity index (χ4n) is 1.24. The van der Waals surface area contributed by atoms with Gasteiger partial charge in [0.1, 0.15) is 0 Å². The Balaban J connectivity index is 2.81. The Bertz CT molecular complexity index is 473. The van der Waals surface area contributed by atoms with Gasteiger partial charge in [-0.3, -0.25) is 4.79 Å². The third kappa shape index (κ3) is 1.36. The fourth-order valence-corrected chi connectivity index (χ4v) is 2.70. The van der Waals surface area contributed by atoms with Gasteiger partial charge in [-0.1, -0.05) is 29.8 Å². The summed E-state index contributed by atoms with van der Waals surface area (Å²) >= 11 is 7.49. The molecule has 3 heteroatoms. The molecule has 1 aromatic carbocycles. The van der Waals surface area contributed by atoms with Crippen molar-refractivity contribution in [3.8, 4) is 0 Å². The number of halogens is 1. The van der Waals surface area contributed by atoms with Crippen molar-refractivity contribution < 1.29 is 4.79 Å². The predicted octanol–water partition coefficient (Wildman–Crippen LogP) is 3.76. The zero-order valence-electron chi connectivity index (χ0n) is 7.00. The van der Waals surface area contributed by atoms with Crippen molar-refractivity contribution in [3.05, 3.63) is 34.2 Å². The average Bonchev–Trinajstić information content (AvgIpc) is 2.45. The van der Waals surface area contributed by atoms with Crippen LogP contribution in [0.2, 0.25) is 5.02 Å². The number of carbonyl (C=O) groups excluding carboxylic acids is 1. The van der Waals surface area contributed by atoms with E-state index < -0.39 is 0 Å². The van der Waals surface area contributed by atoms with E-state index in [0.29, 0.717) is 9.90 Å². The van der Waals surface area contributed by atoms with E-state index in [0.717, 1.165) is 10.1 Å². The molecular weight excluding hydrogens is 204 g/mol. The summed E-state index contributed by atoms with van der Waals surface area (Å²) < 4.78 is 1.07. The molecule has 0 aliphatic carbocycles. The second kappa shape index (κ2) is 3.13. The Hall–Kier alpha value is -0.860. The van der Waals surface area contributed by atoms with Crippen LogP contribution in [0.1, 0.15) is 16.6 Å². The highest BCUT2D eigenvalue weighted by Crippen LogP contribution is 2.35. The lowest BCUT2D eigenvalue weighted by atomic mass is 10.2. The monoisotopic (exact) mass is 210 g/mol. The molecule has 0 amide bonds. The van der Waals surface area contributed by atoms with Gasteiger partial charge in [-0.25, -0.2) is 0 Å². The third-order valence-electron chi connectivity index (χ3n) is 1.85. The molecule has 0 aliphatic rings. The van der Waals surface area contributed by atoms with Crippen molar-refractivity contribution in [1.29, 1.82) is 0 Å². The highest BCUT2D eigenvalue weighted by molar-refractivity contribution is 7.21.